The van der Waals surface area contributed by atoms with Gasteiger partial charge in [-0.1, -0.05) is 139 Å². The third-order valence-corrected chi connectivity index (χ3v) is 7.70. The van der Waals surface area contributed by atoms with E-state index in [9.17, 15) is 9.59 Å². The van der Waals surface area contributed by atoms with Crippen LogP contribution in [0.15, 0.2) is 67.0 Å². The highest BCUT2D eigenvalue weighted by Crippen LogP contribution is 2.29. The first-order chi connectivity index (χ1) is 21.1. The molecule has 6 nitrogen and oxygen atoms in total. The minimum Gasteiger partial charge on any atom is -0.478 e. The van der Waals surface area contributed by atoms with E-state index in [-0.39, 0.29) is 5.91 Å². The Kier molecular flexibility index (Phi) is 15.7. The van der Waals surface area contributed by atoms with E-state index in [1.807, 2.05) is 54.6 Å². The summed E-state index contributed by atoms with van der Waals surface area (Å²) in [6.45, 7) is 2.99. The van der Waals surface area contributed by atoms with Crippen LogP contribution < -0.4 is 5.32 Å². The van der Waals surface area contributed by atoms with E-state index in [0.29, 0.717) is 0 Å². The highest BCUT2D eigenvalue weighted by atomic mass is 16.4. The van der Waals surface area contributed by atoms with Gasteiger partial charge in [0.2, 0.25) is 5.91 Å². The Hall–Kier alpha value is -3.93. The zero-order valence-electron chi connectivity index (χ0n) is 25.8. The van der Waals surface area contributed by atoms with Crippen LogP contribution in [0.2, 0.25) is 0 Å². The van der Waals surface area contributed by atoms with E-state index in [1.165, 1.54) is 83.5 Å². The molecule has 0 aliphatic heterocycles. The predicted octanol–water partition coefficient (Wildman–Crippen LogP) is 9.45. The summed E-state index contributed by atoms with van der Waals surface area (Å²) in [5, 5.41) is 11.8. The van der Waals surface area contributed by atoms with Gasteiger partial charge in [0.25, 0.3) is 0 Å². The van der Waals surface area contributed by atoms with Crippen molar-refractivity contribution in [2.75, 3.05) is 6.54 Å². The molecule has 0 spiro atoms. The van der Waals surface area contributed by atoms with Crippen molar-refractivity contribution >= 4 is 24.0 Å². The molecule has 43 heavy (non-hydrogen) atoms. The lowest BCUT2D eigenvalue weighted by Gasteiger charge is -2.05. The van der Waals surface area contributed by atoms with Gasteiger partial charge in [0.15, 0.2) is 0 Å². The van der Waals surface area contributed by atoms with E-state index in [1.54, 1.807) is 18.5 Å². The summed E-state index contributed by atoms with van der Waals surface area (Å²) in [5.41, 5.74) is 5.40. The molecule has 3 rings (SSSR count). The number of H-pyrrole nitrogens is 1. The lowest BCUT2D eigenvalue weighted by Crippen LogP contribution is -2.21. The van der Waals surface area contributed by atoms with Crippen molar-refractivity contribution in [1.29, 1.82) is 0 Å². The molecule has 0 fully saturated rings. The smallest absolute Gasteiger partial charge is 0.328 e. The number of rotatable bonds is 21. The number of carboxylic acid groups (broad SMARTS) is 1. The van der Waals surface area contributed by atoms with Crippen LogP contribution in [0.5, 0.6) is 0 Å². The van der Waals surface area contributed by atoms with Gasteiger partial charge < -0.3 is 15.4 Å². The molecule has 2 aromatic carbocycles. The summed E-state index contributed by atoms with van der Waals surface area (Å²) < 4.78 is 0. The number of amides is 1. The van der Waals surface area contributed by atoms with Gasteiger partial charge in [-0.2, -0.15) is 0 Å². The van der Waals surface area contributed by atoms with Gasteiger partial charge in [0.1, 0.15) is 0 Å². The van der Waals surface area contributed by atoms with Gasteiger partial charge in [0.05, 0.1) is 17.7 Å². The fourth-order valence-corrected chi connectivity index (χ4v) is 5.18. The van der Waals surface area contributed by atoms with Gasteiger partial charge >= 0.3 is 5.97 Å². The number of imidazole rings is 1. The number of hydrogen-bond donors (Lipinski definition) is 3. The lowest BCUT2D eigenvalue weighted by atomic mass is 10.0. The second kappa shape index (κ2) is 20.1. The van der Waals surface area contributed by atoms with E-state index < -0.39 is 5.97 Å². The summed E-state index contributed by atoms with van der Waals surface area (Å²) in [6.07, 6.45) is 26.4. The summed E-state index contributed by atoms with van der Waals surface area (Å²) in [7, 11) is 0. The third-order valence-electron chi connectivity index (χ3n) is 7.70. The van der Waals surface area contributed by atoms with E-state index in [0.717, 1.165) is 52.7 Å². The average Bonchev–Trinajstić information content (AvgIpc) is 3.51. The number of aliphatic carboxylic acids is 1. The molecular formula is C37H49N3O3. The lowest BCUT2D eigenvalue weighted by molar-refractivity contribution is -0.131. The number of benzene rings is 2. The largest absolute Gasteiger partial charge is 0.478 e. The number of carbonyl (C=O) groups excluding carboxylic acids is 1. The van der Waals surface area contributed by atoms with Crippen LogP contribution in [0.25, 0.3) is 34.7 Å². The first-order valence-corrected chi connectivity index (χ1v) is 16.2. The molecule has 0 radical (unpaired) electrons. The highest BCUT2D eigenvalue weighted by Gasteiger charge is 2.10. The number of unbranched alkanes of at least 4 members (excludes halogenated alkanes) is 13. The van der Waals surface area contributed by atoms with E-state index in [4.69, 9.17) is 5.11 Å². The Labute approximate surface area is 257 Å². The predicted molar refractivity (Wildman–Crippen MR) is 178 cm³/mol. The first-order valence-electron chi connectivity index (χ1n) is 16.2. The zero-order valence-corrected chi connectivity index (χ0v) is 25.8. The van der Waals surface area contributed by atoms with Crippen LogP contribution >= 0.6 is 0 Å². The molecule has 1 heterocycles. The second-order valence-electron chi connectivity index (χ2n) is 11.3. The van der Waals surface area contributed by atoms with Crippen LogP contribution in [0.1, 0.15) is 108 Å². The minimum absolute atomic E-state index is 0.0602. The number of nitrogens with zero attached hydrogens (tertiary/aromatic N) is 1. The maximum absolute atomic E-state index is 12.3. The quantitative estimate of drug-likeness (QED) is 0.0860. The Bertz CT molecular complexity index is 1270. The molecule has 3 N–H and O–H groups in total. The Balaban J connectivity index is 1.31. The van der Waals surface area contributed by atoms with Crippen LogP contribution in [-0.2, 0) is 9.59 Å². The highest BCUT2D eigenvalue weighted by molar-refractivity contribution is 5.91. The summed E-state index contributed by atoms with van der Waals surface area (Å²) in [4.78, 5) is 30.7. The summed E-state index contributed by atoms with van der Waals surface area (Å²) in [5.74, 6) is -1.03. The number of aromatic amines is 1. The molecule has 0 atom stereocenters. The fraction of sp³-hybridized carbons (Fsp3) is 0.432. The average molecular weight is 584 g/mol. The Morgan fingerprint density at radius 3 is 1.72 bits per heavy atom. The molecule has 1 aromatic heterocycles. The standard InChI is InChI=1S/C37H49N3O3/c1-2-3-4-5-6-7-8-9-10-11-12-13-14-15-28-38-34(41)26-20-30-16-22-32(23-17-30)36-37(40-29-39-36)33-24-18-31(19-25-33)21-27-35(42)43/h16-27,29H,2-15,28H2,1H3,(H,38,41)(H,39,40)(H,42,43). The van der Waals surface area contributed by atoms with Crippen LogP contribution in [0, 0.1) is 0 Å². The van der Waals surface area contributed by atoms with Crippen molar-refractivity contribution in [2.24, 2.45) is 0 Å². The van der Waals surface area contributed by atoms with Crippen molar-refractivity contribution in [1.82, 2.24) is 15.3 Å². The summed E-state index contributed by atoms with van der Waals surface area (Å²) >= 11 is 0. The summed E-state index contributed by atoms with van der Waals surface area (Å²) in [6, 6.07) is 15.6. The molecule has 0 unspecified atom stereocenters. The molecule has 0 saturated carbocycles. The van der Waals surface area contributed by atoms with Crippen molar-refractivity contribution in [3.05, 3.63) is 78.1 Å². The van der Waals surface area contributed by atoms with Crippen LogP contribution in [-0.4, -0.2) is 33.5 Å². The Morgan fingerprint density at radius 1 is 0.698 bits per heavy atom. The van der Waals surface area contributed by atoms with E-state index in [2.05, 4.69) is 22.2 Å². The van der Waals surface area contributed by atoms with Crippen LogP contribution in [0.3, 0.4) is 0 Å². The number of aromatic nitrogens is 2. The minimum atomic E-state index is -0.973. The molecule has 230 valence electrons. The van der Waals surface area contributed by atoms with Crippen molar-refractivity contribution in [3.63, 3.8) is 0 Å². The van der Waals surface area contributed by atoms with Gasteiger partial charge in [-0.25, -0.2) is 9.78 Å². The molecule has 3 aromatic rings. The fourth-order valence-electron chi connectivity index (χ4n) is 5.18. The van der Waals surface area contributed by atoms with Gasteiger partial charge in [-0.05, 0) is 29.7 Å². The normalized spacial score (nSPS) is 11.5. The van der Waals surface area contributed by atoms with Crippen molar-refractivity contribution in [3.8, 4) is 22.5 Å². The topological polar surface area (TPSA) is 95.1 Å². The van der Waals surface area contributed by atoms with Crippen molar-refractivity contribution < 1.29 is 14.7 Å². The molecule has 0 aliphatic rings. The molecule has 0 aliphatic carbocycles. The number of nitrogens with one attached hydrogen (secondary N) is 2. The van der Waals surface area contributed by atoms with Gasteiger partial charge in [-0.3, -0.25) is 4.79 Å². The zero-order chi connectivity index (χ0) is 30.5. The van der Waals surface area contributed by atoms with Gasteiger partial charge in [-0.15, -0.1) is 0 Å². The second-order valence-corrected chi connectivity index (χ2v) is 11.3. The maximum atomic E-state index is 12.3. The molecule has 1 amide bonds. The number of hydrogen-bond acceptors (Lipinski definition) is 3. The molecule has 0 saturated heterocycles. The van der Waals surface area contributed by atoms with Gasteiger partial charge in [0, 0.05) is 29.8 Å². The molecular weight excluding hydrogens is 534 g/mol. The Morgan fingerprint density at radius 2 is 1.19 bits per heavy atom. The first kappa shape index (κ1) is 33.6. The van der Waals surface area contributed by atoms with Crippen molar-refractivity contribution in [2.45, 2.75) is 96.8 Å². The molecule has 6 heteroatoms. The third kappa shape index (κ3) is 13.3. The molecule has 0 bridgehead atoms. The maximum Gasteiger partial charge on any atom is 0.328 e. The van der Waals surface area contributed by atoms with E-state index >= 15 is 0 Å². The van der Waals surface area contributed by atoms with Crippen LogP contribution in [0.4, 0.5) is 0 Å². The monoisotopic (exact) mass is 583 g/mol. The SMILES string of the molecule is CCCCCCCCCCCCCCCCNC(=O)C=Cc1ccc(-c2nc[nH]c2-c2ccc(C=CC(=O)O)cc2)cc1. The number of carboxylic acids is 1. The number of carbonyl (C=O) groups is 2.